The van der Waals surface area contributed by atoms with Gasteiger partial charge in [-0.2, -0.15) is 0 Å². The number of carbonyl (C=O) groups excluding carboxylic acids is 1. The summed E-state index contributed by atoms with van der Waals surface area (Å²) in [5.41, 5.74) is 11.4. The van der Waals surface area contributed by atoms with Gasteiger partial charge in [-0.05, 0) is 30.3 Å². The molecule has 4 N–H and O–H groups in total. The molecular formula is C12H10ClN3OS. The summed E-state index contributed by atoms with van der Waals surface area (Å²) < 4.78 is 0. The number of pyridine rings is 1. The Balaban J connectivity index is 2.27. The minimum Gasteiger partial charge on any atom is -0.397 e. The molecule has 0 radical (unpaired) electrons. The molecule has 1 aromatic heterocycles. The lowest BCUT2D eigenvalue weighted by Gasteiger charge is -2.05. The summed E-state index contributed by atoms with van der Waals surface area (Å²) >= 11 is 7.20. The van der Waals surface area contributed by atoms with Gasteiger partial charge in [-0.1, -0.05) is 23.4 Å². The Morgan fingerprint density at radius 3 is 2.56 bits per heavy atom. The van der Waals surface area contributed by atoms with Crippen molar-refractivity contribution in [1.29, 1.82) is 0 Å². The molecule has 0 aliphatic carbocycles. The maximum absolute atomic E-state index is 11.2. The van der Waals surface area contributed by atoms with Crippen molar-refractivity contribution in [2.75, 3.05) is 5.73 Å². The van der Waals surface area contributed by atoms with E-state index in [0.29, 0.717) is 10.0 Å². The van der Waals surface area contributed by atoms with E-state index in [4.69, 9.17) is 23.1 Å². The Kier molecular flexibility index (Phi) is 3.74. The molecule has 1 heterocycles. The molecule has 4 nitrogen and oxygen atoms in total. The summed E-state index contributed by atoms with van der Waals surface area (Å²) in [6, 6.07) is 8.90. The van der Waals surface area contributed by atoms with Crippen molar-refractivity contribution in [1.82, 2.24) is 4.98 Å². The van der Waals surface area contributed by atoms with E-state index in [9.17, 15) is 4.79 Å². The molecule has 0 bridgehead atoms. The third-order valence-electron chi connectivity index (χ3n) is 2.21. The Labute approximate surface area is 113 Å². The van der Waals surface area contributed by atoms with Crippen LogP contribution in [-0.4, -0.2) is 10.9 Å². The van der Waals surface area contributed by atoms with Crippen LogP contribution < -0.4 is 11.5 Å². The SMILES string of the molecule is NC(=O)c1cc(Sc2ccc(Cl)cc2)ncc1N. The number of amides is 1. The van der Waals surface area contributed by atoms with Crippen LogP contribution in [0.25, 0.3) is 0 Å². The lowest BCUT2D eigenvalue weighted by molar-refractivity contribution is 0.100. The second-order valence-electron chi connectivity index (χ2n) is 3.53. The van der Waals surface area contributed by atoms with Crippen molar-refractivity contribution in [3.8, 4) is 0 Å². The fourth-order valence-electron chi connectivity index (χ4n) is 1.34. The van der Waals surface area contributed by atoms with Crippen LogP contribution in [-0.2, 0) is 0 Å². The van der Waals surface area contributed by atoms with Crippen LogP contribution in [0.4, 0.5) is 5.69 Å². The number of aromatic nitrogens is 1. The first-order chi connectivity index (χ1) is 8.56. The number of nitrogens with two attached hydrogens (primary N) is 2. The van der Waals surface area contributed by atoms with Gasteiger partial charge in [0.2, 0.25) is 0 Å². The van der Waals surface area contributed by atoms with E-state index in [1.807, 2.05) is 12.1 Å². The third kappa shape index (κ3) is 2.94. The highest BCUT2D eigenvalue weighted by Crippen LogP contribution is 2.28. The van der Waals surface area contributed by atoms with E-state index >= 15 is 0 Å². The molecule has 1 aromatic carbocycles. The van der Waals surface area contributed by atoms with Crippen LogP contribution in [0.3, 0.4) is 0 Å². The fraction of sp³-hybridized carbons (Fsp3) is 0. The van der Waals surface area contributed by atoms with Gasteiger partial charge in [-0.3, -0.25) is 4.79 Å². The Hall–Kier alpha value is -1.72. The molecular weight excluding hydrogens is 270 g/mol. The van der Waals surface area contributed by atoms with Crippen molar-refractivity contribution in [2.24, 2.45) is 5.73 Å². The second-order valence-corrected chi connectivity index (χ2v) is 5.06. The highest BCUT2D eigenvalue weighted by molar-refractivity contribution is 7.99. The van der Waals surface area contributed by atoms with Crippen LogP contribution in [0.15, 0.2) is 46.5 Å². The number of nitrogens with zero attached hydrogens (tertiary/aromatic N) is 1. The fourth-order valence-corrected chi connectivity index (χ4v) is 2.26. The van der Waals surface area contributed by atoms with Crippen LogP contribution in [0.5, 0.6) is 0 Å². The summed E-state index contributed by atoms with van der Waals surface area (Å²) in [6.45, 7) is 0. The molecule has 2 rings (SSSR count). The van der Waals surface area contributed by atoms with Crippen molar-refractivity contribution >= 4 is 35.0 Å². The second kappa shape index (κ2) is 5.29. The topological polar surface area (TPSA) is 82.0 Å². The quantitative estimate of drug-likeness (QED) is 0.905. The molecule has 0 spiro atoms. The van der Waals surface area contributed by atoms with Crippen molar-refractivity contribution in [3.63, 3.8) is 0 Å². The smallest absolute Gasteiger partial charge is 0.250 e. The Morgan fingerprint density at radius 2 is 1.94 bits per heavy atom. The zero-order valence-corrected chi connectivity index (χ0v) is 10.8. The van der Waals surface area contributed by atoms with Crippen LogP contribution in [0.2, 0.25) is 5.02 Å². The minimum absolute atomic E-state index is 0.279. The highest BCUT2D eigenvalue weighted by Gasteiger charge is 2.08. The van der Waals surface area contributed by atoms with Crippen LogP contribution >= 0.6 is 23.4 Å². The zero-order valence-electron chi connectivity index (χ0n) is 9.26. The third-order valence-corrected chi connectivity index (χ3v) is 3.40. The number of nitrogen functional groups attached to an aromatic ring is 1. The Bertz CT molecular complexity index is 586. The number of benzene rings is 1. The van der Waals surface area contributed by atoms with Crippen LogP contribution in [0.1, 0.15) is 10.4 Å². The number of halogens is 1. The predicted octanol–water partition coefficient (Wildman–Crippen LogP) is 2.57. The molecule has 1 amide bonds. The summed E-state index contributed by atoms with van der Waals surface area (Å²) in [6.07, 6.45) is 1.43. The van der Waals surface area contributed by atoms with E-state index < -0.39 is 5.91 Å². The van der Waals surface area contributed by atoms with E-state index in [0.717, 1.165) is 4.90 Å². The van der Waals surface area contributed by atoms with E-state index in [1.165, 1.54) is 18.0 Å². The molecule has 92 valence electrons. The van der Waals surface area contributed by atoms with E-state index in [-0.39, 0.29) is 11.3 Å². The lowest BCUT2D eigenvalue weighted by atomic mass is 10.2. The first kappa shape index (κ1) is 12.7. The molecule has 0 aliphatic heterocycles. The lowest BCUT2D eigenvalue weighted by Crippen LogP contribution is -2.13. The maximum Gasteiger partial charge on any atom is 0.250 e. The number of anilines is 1. The normalized spacial score (nSPS) is 10.3. The molecule has 0 saturated heterocycles. The van der Waals surface area contributed by atoms with Gasteiger partial charge in [0, 0.05) is 9.92 Å². The largest absolute Gasteiger partial charge is 0.397 e. The number of hydrogen-bond acceptors (Lipinski definition) is 4. The van der Waals surface area contributed by atoms with Crippen LogP contribution in [0, 0.1) is 0 Å². The standard InChI is InChI=1S/C12H10ClN3OS/c13-7-1-3-8(4-2-7)18-11-5-9(12(15)17)10(14)6-16-11/h1-6H,14H2,(H2,15,17). The monoisotopic (exact) mass is 279 g/mol. The molecule has 0 fully saturated rings. The summed E-state index contributed by atoms with van der Waals surface area (Å²) in [5, 5.41) is 1.32. The first-order valence-corrected chi connectivity index (χ1v) is 6.24. The van der Waals surface area contributed by atoms with Gasteiger partial charge in [0.25, 0.3) is 5.91 Å². The summed E-state index contributed by atoms with van der Waals surface area (Å²) in [5.74, 6) is -0.562. The van der Waals surface area contributed by atoms with Gasteiger partial charge in [0.1, 0.15) is 5.03 Å². The van der Waals surface area contributed by atoms with Gasteiger partial charge >= 0.3 is 0 Å². The first-order valence-electron chi connectivity index (χ1n) is 5.05. The summed E-state index contributed by atoms with van der Waals surface area (Å²) in [7, 11) is 0. The molecule has 0 saturated carbocycles. The highest BCUT2D eigenvalue weighted by atomic mass is 35.5. The maximum atomic E-state index is 11.2. The minimum atomic E-state index is -0.562. The average Bonchev–Trinajstić information content (AvgIpc) is 2.34. The molecule has 0 unspecified atom stereocenters. The van der Waals surface area contributed by atoms with Gasteiger partial charge < -0.3 is 11.5 Å². The average molecular weight is 280 g/mol. The van der Waals surface area contributed by atoms with Crippen molar-refractivity contribution < 1.29 is 4.79 Å². The van der Waals surface area contributed by atoms with E-state index in [1.54, 1.807) is 18.2 Å². The molecule has 18 heavy (non-hydrogen) atoms. The predicted molar refractivity (Wildman–Crippen MR) is 72.7 cm³/mol. The molecule has 2 aromatic rings. The van der Waals surface area contributed by atoms with Gasteiger partial charge in [-0.15, -0.1) is 0 Å². The number of rotatable bonds is 3. The van der Waals surface area contributed by atoms with Gasteiger partial charge in [0.15, 0.2) is 0 Å². The molecule has 0 aliphatic rings. The number of primary amides is 1. The van der Waals surface area contributed by atoms with Gasteiger partial charge in [0.05, 0.1) is 17.4 Å². The number of hydrogen-bond donors (Lipinski definition) is 2. The van der Waals surface area contributed by atoms with E-state index in [2.05, 4.69) is 4.98 Å². The zero-order chi connectivity index (χ0) is 13.1. The Morgan fingerprint density at radius 1 is 1.28 bits per heavy atom. The number of carbonyl (C=O) groups is 1. The summed E-state index contributed by atoms with van der Waals surface area (Å²) in [4.78, 5) is 16.3. The molecule has 6 heteroatoms. The molecule has 0 atom stereocenters. The van der Waals surface area contributed by atoms with Gasteiger partial charge in [-0.25, -0.2) is 4.98 Å². The van der Waals surface area contributed by atoms with Crippen molar-refractivity contribution in [3.05, 3.63) is 47.1 Å². The van der Waals surface area contributed by atoms with Crippen molar-refractivity contribution in [2.45, 2.75) is 9.92 Å².